The van der Waals surface area contributed by atoms with Crippen LogP contribution in [0.1, 0.15) is 46.0 Å². The maximum Gasteiger partial charge on any atom is 0.0645 e. The first-order chi connectivity index (χ1) is 8.17. The molecular formula is C14H27NO2. The summed E-state index contributed by atoms with van der Waals surface area (Å²) < 4.78 is 5.98. The third kappa shape index (κ3) is 4.57. The largest absolute Gasteiger partial charge is 0.395 e. The van der Waals surface area contributed by atoms with Crippen LogP contribution in [-0.4, -0.2) is 36.5 Å². The van der Waals surface area contributed by atoms with Crippen LogP contribution in [0.4, 0.5) is 0 Å². The lowest BCUT2D eigenvalue weighted by atomic mass is 9.82. The number of rotatable bonds is 6. The number of aliphatic hydroxyl groups excluding tert-OH is 1. The molecule has 0 heterocycles. The highest BCUT2D eigenvalue weighted by atomic mass is 16.5. The minimum absolute atomic E-state index is 0.134. The summed E-state index contributed by atoms with van der Waals surface area (Å²) in [6.45, 7) is 5.49. The number of hydrogen-bond acceptors (Lipinski definition) is 3. The standard InChI is InChI=1S/C14H27NO2/c1-10-5-11(2)7-14(6-10)17-9-13(8-16)15-12-3-4-12/h10-16H,3-9H2,1-2H3. The Balaban J connectivity index is 1.68. The quantitative estimate of drug-likeness (QED) is 0.747. The molecule has 2 fully saturated rings. The monoisotopic (exact) mass is 241 g/mol. The van der Waals surface area contributed by atoms with Gasteiger partial charge in [-0.1, -0.05) is 13.8 Å². The lowest BCUT2D eigenvalue weighted by Gasteiger charge is -2.32. The van der Waals surface area contributed by atoms with Crippen molar-refractivity contribution in [1.82, 2.24) is 5.32 Å². The molecule has 0 bridgehead atoms. The lowest BCUT2D eigenvalue weighted by Crippen LogP contribution is -2.40. The smallest absolute Gasteiger partial charge is 0.0645 e. The summed E-state index contributed by atoms with van der Waals surface area (Å²) in [7, 11) is 0. The van der Waals surface area contributed by atoms with Gasteiger partial charge in [0.15, 0.2) is 0 Å². The molecule has 0 aromatic rings. The Bertz CT molecular complexity index is 220. The van der Waals surface area contributed by atoms with Gasteiger partial charge in [-0.3, -0.25) is 0 Å². The second kappa shape index (κ2) is 6.17. The van der Waals surface area contributed by atoms with Gasteiger partial charge < -0.3 is 15.2 Å². The van der Waals surface area contributed by atoms with Crippen LogP contribution in [0.25, 0.3) is 0 Å². The molecule has 2 saturated carbocycles. The van der Waals surface area contributed by atoms with Crippen LogP contribution in [0.15, 0.2) is 0 Å². The number of nitrogens with one attached hydrogen (secondary N) is 1. The molecule has 0 saturated heterocycles. The summed E-state index contributed by atoms with van der Waals surface area (Å²) in [5.41, 5.74) is 0. The summed E-state index contributed by atoms with van der Waals surface area (Å²) in [5, 5.41) is 12.7. The molecule has 2 rings (SSSR count). The van der Waals surface area contributed by atoms with Crippen molar-refractivity contribution in [2.45, 2.75) is 64.1 Å². The normalized spacial score (nSPS) is 35.8. The molecule has 0 radical (unpaired) electrons. The van der Waals surface area contributed by atoms with E-state index in [0.29, 0.717) is 18.8 Å². The molecule has 100 valence electrons. The van der Waals surface area contributed by atoms with Crippen molar-refractivity contribution in [2.75, 3.05) is 13.2 Å². The minimum Gasteiger partial charge on any atom is -0.395 e. The zero-order valence-electron chi connectivity index (χ0n) is 11.2. The van der Waals surface area contributed by atoms with Gasteiger partial charge in [-0.2, -0.15) is 0 Å². The van der Waals surface area contributed by atoms with Gasteiger partial charge in [0.2, 0.25) is 0 Å². The van der Waals surface area contributed by atoms with Crippen LogP contribution < -0.4 is 5.32 Å². The first-order valence-corrected chi connectivity index (χ1v) is 7.16. The molecule has 3 atom stereocenters. The van der Waals surface area contributed by atoms with Crippen LogP contribution in [0, 0.1) is 11.8 Å². The molecule has 3 heteroatoms. The highest BCUT2D eigenvalue weighted by Gasteiger charge is 2.27. The second-order valence-corrected chi connectivity index (χ2v) is 6.19. The van der Waals surface area contributed by atoms with Gasteiger partial charge >= 0.3 is 0 Å². The highest BCUT2D eigenvalue weighted by molar-refractivity contribution is 4.85. The van der Waals surface area contributed by atoms with Gasteiger partial charge in [-0.05, 0) is 43.9 Å². The van der Waals surface area contributed by atoms with Gasteiger partial charge in [0.05, 0.1) is 25.4 Å². The Morgan fingerprint density at radius 2 is 1.82 bits per heavy atom. The van der Waals surface area contributed by atoms with E-state index in [-0.39, 0.29) is 12.6 Å². The van der Waals surface area contributed by atoms with E-state index in [9.17, 15) is 5.11 Å². The van der Waals surface area contributed by atoms with Crippen molar-refractivity contribution < 1.29 is 9.84 Å². The number of ether oxygens (including phenoxy) is 1. The Labute approximate surface area is 105 Å². The van der Waals surface area contributed by atoms with Crippen LogP contribution in [0.2, 0.25) is 0 Å². The lowest BCUT2D eigenvalue weighted by molar-refractivity contribution is -0.0154. The zero-order chi connectivity index (χ0) is 12.3. The van der Waals surface area contributed by atoms with Gasteiger partial charge in [0.25, 0.3) is 0 Å². The number of aliphatic hydroxyl groups is 1. The summed E-state index contributed by atoms with van der Waals surface area (Å²) in [6, 6.07) is 0.773. The Hall–Kier alpha value is -0.120. The molecule has 3 unspecified atom stereocenters. The summed E-state index contributed by atoms with van der Waals surface area (Å²) in [5.74, 6) is 1.57. The Morgan fingerprint density at radius 1 is 1.18 bits per heavy atom. The third-order valence-electron chi connectivity index (χ3n) is 3.94. The second-order valence-electron chi connectivity index (χ2n) is 6.19. The van der Waals surface area contributed by atoms with Gasteiger partial charge in [-0.15, -0.1) is 0 Å². The van der Waals surface area contributed by atoms with Crippen molar-refractivity contribution in [2.24, 2.45) is 11.8 Å². The Morgan fingerprint density at radius 3 is 2.35 bits per heavy atom. The maximum atomic E-state index is 9.29. The van der Waals surface area contributed by atoms with Gasteiger partial charge in [0.1, 0.15) is 0 Å². The van der Waals surface area contributed by atoms with E-state index in [1.807, 2.05) is 0 Å². The molecule has 17 heavy (non-hydrogen) atoms. The molecule has 2 aliphatic rings. The van der Waals surface area contributed by atoms with Crippen LogP contribution in [0.5, 0.6) is 0 Å². The van der Waals surface area contributed by atoms with Crippen molar-refractivity contribution in [1.29, 1.82) is 0 Å². The molecule has 0 aromatic heterocycles. The van der Waals surface area contributed by atoms with E-state index >= 15 is 0 Å². The molecular weight excluding hydrogens is 214 g/mol. The maximum absolute atomic E-state index is 9.29. The minimum atomic E-state index is 0.134. The predicted octanol–water partition coefficient (Wildman–Crippen LogP) is 1.94. The topological polar surface area (TPSA) is 41.5 Å². The van der Waals surface area contributed by atoms with Crippen LogP contribution in [-0.2, 0) is 4.74 Å². The van der Waals surface area contributed by atoms with E-state index in [1.54, 1.807) is 0 Å². The first kappa shape index (κ1) is 13.3. The van der Waals surface area contributed by atoms with E-state index in [2.05, 4.69) is 19.2 Å². The average molecular weight is 241 g/mol. The molecule has 3 nitrogen and oxygen atoms in total. The molecule has 0 aliphatic heterocycles. The molecule has 0 spiro atoms. The SMILES string of the molecule is CC1CC(C)CC(OCC(CO)NC2CC2)C1. The average Bonchev–Trinajstić information content (AvgIpc) is 3.06. The van der Waals surface area contributed by atoms with Crippen molar-refractivity contribution in [3.63, 3.8) is 0 Å². The van der Waals surface area contributed by atoms with Crippen LogP contribution in [0.3, 0.4) is 0 Å². The van der Waals surface area contributed by atoms with E-state index in [4.69, 9.17) is 4.74 Å². The summed E-state index contributed by atoms with van der Waals surface area (Å²) >= 11 is 0. The Kier molecular flexibility index (Phi) is 4.83. The van der Waals surface area contributed by atoms with Crippen molar-refractivity contribution in [3.8, 4) is 0 Å². The predicted molar refractivity (Wildman–Crippen MR) is 69.0 cm³/mol. The molecule has 0 amide bonds. The molecule has 2 aliphatic carbocycles. The van der Waals surface area contributed by atoms with Crippen LogP contribution >= 0.6 is 0 Å². The molecule has 2 N–H and O–H groups in total. The molecule has 0 aromatic carbocycles. The van der Waals surface area contributed by atoms with Gasteiger partial charge in [-0.25, -0.2) is 0 Å². The van der Waals surface area contributed by atoms with Crippen molar-refractivity contribution in [3.05, 3.63) is 0 Å². The fraction of sp³-hybridized carbons (Fsp3) is 1.00. The number of hydrogen-bond donors (Lipinski definition) is 2. The van der Waals surface area contributed by atoms with E-state index in [1.165, 1.54) is 32.1 Å². The van der Waals surface area contributed by atoms with E-state index in [0.717, 1.165) is 11.8 Å². The zero-order valence-corrected chi connectivity index (χ0v) is 11.2. The van der Waals surface area contributed by atoms with Crippen molar-refractivity contribution >= 4 is 0 Å². The third-order valence-corrected chi connectivity index (χ3v) is 3.94. The fourth-order valence-electron chi connectivity index (χ4n) is 3.00. The van der Waals surface area contributed by atoms with Gasteiger partial charge in [0, 0.05) is 6.04 Å². The fourth-order valence-corrected chi connectivity index (χ4v) is 3.00. The summed E-state index contributed by atoms with van der Waals surface area (Å²) in [4.78, 5) is 0. The highest BCUT2D eigenvalue weighted by Crippen LogP contribution is 2.30. The van der Waals surface area contributed by atoms with E-state index < -0.39 is 0 Å². The summed E-state index contributed by atoms with van der Waals surface area (Å²) in [6.07, 6.45) is 6.63. The first-order valence-electron chi connectivity index (χ1n) is 7.16.